The Balaban J connectivity index is 3.01. The summed E-state index contributed by atoms with van der Waals surface area (Å²) in [5.41, 5.74) is 3.11. The number of allylic oxidation sites excluding steroid dienone is 2. The van der Waals surface area contributed by atoms with Crippen molar-refractivity contribution in [2.75, 3.05) is 7.05 Å². The highest BCUT2D eigenvalue weighted by Crippen LogP contribution is 2.12. The second kappa shape index (κ2) is 5.59. The first-order valence-corrected chi connectivity index (χ1v) is 5.45. The van der Waals surface area contributed by atoms with Crippen LogP contribution in [0.1, 0.15) is 26.3 Å². The van der Waals surface area contributed by atoms with E-state index in [1.807, 2.05) is 0 Å². The van der Waals surface area contributed by atoms with E-state index < -0.39 is 0 Å². The number of nitrogens with zero attached hydrogens (tertiary/aromatic N) is 1. The highest BCUT2D eigenvalue weighted by molar-refractivity contribution is 6.08. The molecule has 0 aliphatic heterocycles. The Hall–Kier alpha value is -1.44. The average Bonchev–Trinajstić information content (AvgIpc) is 2.26. The molecular formula is C14H18FN. The van der Waals surface area contributed by atoms with Crippen LogP contribution in [-0.2, 0) is 0 Å². The van der Waals surface area contributed by atoms with Crippen LogP contribution in [-0.4, -0.2) is 12.8 Å². The van der Waals surface area contributed by atoms with Crippen molar-refractivity contribution in [3.63, 3.8) is 0 Å². The quantitative estimate of drug-likeness (QED) is 0.685. The largest absolute Gasteiger partial charge is 0.288 e. The Morgan fingerprint density at radius 3 is 2.25 bits per heavy atom. The van der Waals surface area contributed by atoms with Crippen LogP contribution in [0.15, 0.2) is 40.9 Å². The molecule has 0 heterocycles. The summed E-state index contributed by atoms with van der Waals surface area (Å²) in [5, 5.41) is 0. The van der Waals surface area contributed by atoms with E-state index in [0.29, 0.717) is 5.92 Å². The van der Waals surface area contributed by atoms with Crippen LogP contribution in [0, 0.1) is 11.7 Å². The molecule has 86 valence electrons. The van der Waals surface area contributed by atoms with E-state index in [9.17, 15) is 4.39 Å². The van der Waals surface area contributed by atoms with Crippen LogP contribution in [0.3, 0.4) is 0 Å². The zero-order chi connectivity index (χ0) is 12.1. The zero-order valence-electron chi connectivity index (χ0n) is 10.3. The fourth-order valence-corrected chi connectivity index (χ4v) is 1.28. The molecule has 0 atom stereocenters. The molecule has 0 radical (unpaired) electrons. The molecule has 0 fully saturated rings. The van der Waals surface area contributed by atoms with Gasteiger partial charge in [-0.3, -0.25) is 4.99 Å². The van der Waals surface area contributed by atoms with Crippen molar-refractivity contribution < 1.29 is 4.39 Å². The lowest BCUT2D eigenvalue weighted by atomic mass is 10.0. The van der Waals surface area contributed by atoms with Gasteiger partial charge in [0.05, 0.1) is 5.71 Å². The topological polar surface area (TPSA) is 12.4 Å². The van der Waals surface area contributed by atoms with E-state index >= 15 is 0 Å². The molecule has 0 aliphatic carbocycles. The van der Waals surface area contributed by atoms with Gasteiger partial charge in [0.2, 0.25) is 0 Å². The summed E-state index contributed by atoms with van der Waals surface area (Å²) < 4.78 is 12.8. The van der Waals surface area contributed by atoms with E-state index in [2.05, 4.69) is 31.8 Å². The van der Waals surface area contributed by atoms with Gasteiger partial charge in [0.15, 0.2) is 0 Å². The van der Waals surface area contributed by atoms with Crippen molar-refractivity contribution in [2.24, 2.45) is 10.9 Å². The fourth-order valence-electron chi connectivity index (χ4n) is 1.28. The van der Waals surface area contributed by atoms with Crippen molar-refractivity contribution in [3.8, 4) is 0 Å². The molecule has 1 rings (SSSR count). The number of halogens is 1. The van der Waals surface area contributed by atoms with Gasteiger partial charge < -0.3 is 0 Å². The minimum Gasteiger partial charge on any atom is -0.288 e. The predicted octanol–water partition coefficient (Wildman–Crippen LogP) is 3.85. The van der Waals surface area contributed by atoms with Gasteiger partial charge in [0.25, 0.3) is 0 Å². The maximum atomic E-state index is 12.8. The summed E-state index contributed by atoms with van der Waals surface area (Å²) in [5.74, 6) is 0.279. The van der Waals surface area contributed by atoms with Gasteiger partial charge in [-0.15, -0.1) is 0 Å². The SMILES string of the molecule is CN=C(/C=C(\C)C(C)C)c1ccc(F)cc1. The molecule has 0 aromatic heterocycles. The molecule has 16 heavy (non-hydrogen) atoms. The van der Waals surface area contributed by atoms with E-state index in [1.54, 1.807) is 19.2 Å². The third-order valence-corrected chi connectivity index (χ3v) is 2.66. The molecule has 2 heteroatoms. The number of rotatable bonds is 3. The first-order valence-electron chi connectivity index (χ1n) is 5.45. The Labute approximate surface area is 96.7 Å². The summed E-state index contributed by atoms with van der Waals surface area (Å²) in [6, 6.07) is 6.42. The summed E-state index contributed by atoms with van der Waals surface area (Å²) >= 11 is 0. The van der Waals surface area contributed by atoms with Crippen molar-refractivity contribution >= 4 is 5.71 Å². The molecule has 0 amide bonds. The second-order valence-electron chi connectivity index (χ2n) is 4.16. The van der Waals surface area contributed by atoms with E-state index in [-0.39, 0.29) is 5.82 Å². The summed E-state index contributed by atoms with van der Waals surface area (Å²) in [4.78, 5) is 4.23. The number of hydrogen-bond donors (Lipinski definition) is 0. The molecule has 0 spiro atoms. The maximum absolute atomic E-state index is 12.8. The molecular weight excluding hydrogens is 201 g/mol. The number of hydrogen-bond acceptors (Lipinski definition) is 1. The molecule has 0 saturated heterocycles. The van der Waals surface area contributed by atoms with Crippen LogP contribution in [0.25, 0.3) is 0 Å². The number of benzene rings is 1. The van der Waals surface area contributed by atoms with Crippen molar-refractivity contribution in [1.29, 1.82) is 0 Å². The molecule has 1 nitrogen and oxygen atoms in total. The van der Waals surface area contributed by atoms with Gasteiger partial charge in [-0.2, -0.15) is 0 Å². The average molecular weight is 219 g/mol. The van der Waals surface area contributed by atoms with E-state index in [4.69, 9.17) is 0 Å². The van der Waals surface area contributed by atoms with Crippen LogP contribution >= 0.6 is 0 Å². The third-order valence-electron chi connectivity index (χ3n) is 2.66. The molecule has 1 aromatic rings. The standard InChI is InChI=1S/C14H18FN/c1-10(2)11(3)9-14(16-4)12-5-7-13(15)8-6-12/h5-10H,1-4H3/b11-9+,16-14?. The predicted molar refractivity (Wildman–Crippen MR) is 67.5 cm³/mol. The van der Waals surface area contributed by atoms with Crippen LogP contribution < -0.4 is 0 Å². The lowest BCUT2D eigenvalue weighted by Crippen LogP contribution is -2.00. The number of aliphatic imine (C=N–C) groups is 1. The first kappa shape index (κ1) is 12.6. The Kier molecular flexibility index (Phi) is 4.41. The molecule has 0 bridgehead atoms. The monoisotopic (exact) mass is 219 g/mol. The van der Waals surface area contributed by atoms with E-state index in [0.717, 1.165) is 11.3 Å². The molecule has 0 saturated carbocycles. The highest BCUT2D eigenvalue weighted by atomic mass is 19.1. The lowest BCUT2D eigenvalue weighted by Gasteiger charge is -2.07. The van der Waals surface area contributed by atoms with Gasteiger partial charge in [0.1, 0.15) is 5.82 Å². The first-order chi connectivity index (χ1) is 7.54. The summed E-state index contributed by atoms with van der Waals surface area (Å²) in [7, 11) is 1.75. The normalized spacial score (nSPS) is 13.4. The van der Waals surface area contributed by atoms with Crippen molar-refractivity contribution in [3.05, 3.63) is 47.3 Å². The van der Waals surface area contributed by atoms with Gasteiger partial charge in [0, 0.05) is 7.05 Å². The third kappa shape index (κ3) is 3.30. The fraction of sp³-hybridized carbons (Fsp3) is 0.357. The minimum atomic E-state index is -0.219. The van der Waals surface area contributed by atoms with Gasteiger partial charge >= 0.3 is 0 Å². The Bertz CT molecular complexity index is 399. The van der Waals surface area contributed by atoms with Crippen LogP contribution in [0.5, 0.6) is 0 Å². The summed E-state index contributed by atoms with van der Waals surface area (Å²) in [6.07, 6.45) is 2.05. The van der Waals surface area contributed by atoms with Crippen molar-refractivity contribution in [2.45, 2.75) is 20.8 Å². The molecule has 0 N–H and O–H groups in total. The maximum Gasteiger partial charge on any atom is 0.123 e. The Morgan fingerprint density at radius 2 is 1.81 bits per heavy atom. The van der Waals surface area contributed by atoms with Crippen LogP contribution in [0.2, 0.25) is 0 Å². The van der Waals surface area contributed by atoms with Crippen molar-refractivity contribution in [1.82, 2.24) is 0 Å². The smallest absolute Gasteiger partial charge is 0.123 e. The van der Waals surface area contributed by atoms with Crippen LogP contribution in [0.4, 0.5) is 4.39 Å². The van der Waals surface area contributed by atoms with Gasteiger partial charge in [-0.05, 0) is 48.7 Å². The van der Waals surface area contributed by atoms with Gasteiger partial charge in [-0.1, -0.05) is 19.4 Å². The molecule has 0 unspecified atom stereocenters. The summed E-state index contributed by atoms with van der Waals surface area (Å²) in [6.45, 7) is 6.37. The molecule has 0 aliphatic rings. The second-order valence-corrected chi connectivity index (χ2v) is 4.16. The molecule has 1 aromatic carbocycles. The Morgan fingerprint density at radius 1 is 1.25 bits per heavy atom. The highest BCUT2D eigenvalue weighted by Gasteiger charge is 2.02. The minimum absolute atomic E-state index is 0.219. The van der Waals surface area contributed by atoms with E-state index in [1.165, 1.54) is 17.7 Å². The lowest BCUT2D eigenvalue weighted by molar-refractivity contribution is 0.628. The van der Waals surface area contributed by atoms with Gasteiger partial charge in [-0.25, -0.2) is 4.39 Å². The zero-order valence-corrected chi connectivity index (χ0v) is 10.3.